The summed E-state index contributed by atoms with van der Waals surface area (Å²) >= 11 is 0. The van der Waals surface area contributed by atoms with Gasteiger partial charge in [0.2, 0.25) is 0 Å². The second-order valence-corrected chi connectivity index (χ2v) is 6.04. The highest BCUT2D eigenvalue weighted by Gasteiger charge is 2.26. The van der Waals surface area contributed by atoms with Gasteiger partial charge < -0.3 is 9.88 Å². The summed E-state index contributed by atoms with van der Waals surface area (Å²) in [5, 5.41) is 3.45. The van der Waals surface area contributed by atoms with Crippen molar-refractivity contribution in [1.82, 2.24) is 14.9 Å². The standard InChI is InChI=1S/C15H25N3/c1-12(13-4-2-3-5-13)18-11-17-10-15(18)14-6-8-16-9-7-14/h10-14,16H,2-9H2,1H3. The Hall–Kier alpha value is -0.830. The van der Waals surface area contributed by atoms with Crippen LogP contribution in [0.4, 0.5) is 0 Å². The molecule has 0 spiro atoms. The quantitative estimate of drug-likeness (QED) is 0.889. The number of hydrogen-bond donors (Lipinski definition) is 1. The fraction of sp³-hybridized carbons (Fsp3) is 0.800. The number of rotatable bonds is 3. The number of aromatic nitrogens is 2. The van der Waals surface area contributed by atoms with Gasteiger partial charge in [-0.15, -0.1) is 0 Å². The van der Waals surface area contributed by atoms with E-state index in [4.69, 9.17) is 0 Å². The predicted octanol–water partition coefficient (Wildman–Crippen LogP) is 3.10. The summed E-state index contributed by atoms with van der Waals surface area (Å²) in [5.74, 6) is 1.59. The molecule has 18 heavy (non-hydrogen) atoms. The van der Waals surface area contributed by atoms with Crippen LogP contribution in [0.2, 0.25) is 0 Å². The lowest BCUT2D eigenvalue weighted by Gasteiger charge is -2.28. The Morgan fingerprint density at radius 1 is 1.22 bits per heavy atom. The largest absolute Gasteiger partial charge is 0.331 e. The molecule has 100 valence electrons. The van der Waals surface area contributed by atoms with Crippen LogP contribution in [0.25, 0.3) is 0 Å². The maximum atomic E-state index is 4.43. The lowest BCUT2D eigenvalue weighted by Crippen LogP contribution is -2.28. The summed E-state index contributed by atoms with van der Waals surface area (Å²) < 4.78 is 2.48. The molecule has 1 saturated carbocycles. The van der Waals surface area contributed by atoms with E-state index in [1.54, 1.807) is 0 Å². The van der Waals surface area contributed by atoms with Gasteiger partial charge in [-0.1, -0.05) is 12.8 Å². The zero-order valence-electron chi connectivity index (χ0n) is 11.4. The van der Waals surface area contributed by atoms with E-state index in [-0.39, 0.29) is 0 Å². The van der Waals surface area contributed by atoms with E-state index in [1.165, 1.54) is 44.2 Å². The van der Waals surface area contributed by atoms with Crippen LogP contribution in [0.5, 0.6) is 0 Å². The van der Waals surface area contributed by atoms with E-state index < -0.39 is 0 Å². The van der Waals surface area contributed by atoms with Gasteiger partial charge in [-0.3, -0.25) is 0 Å². The highest BCUT2D eigenvalue weighted by Crippen LogP contribution is 2.36. The Morgan fingerprint density at radius 3 is 2.67 bits per heavy atom. The van der Waals surface area contributed by atoms with Crippen LogP contribution in [0.3, 0.4) is 0 Å². The Labute approximate surface area is 110 Å². The summed E-state index contributed by atoms with van der Waals surface area (Å²) in [6, 6.07) is 0.639. The first-order chi connectivity index (χ1) is 8.86. The third-order valence-corrected chi connectivity index (χ3v) is 4.97. The van der Waals surface area contributed by atoms with Crippen LogP contribution in [0, 0.1) is 5.92 Å². The summed E-state index contributed by atoms with van der Waals surface area (Å²) in [6.45, 7) is 4.71. The second-order valence-electron chi connectivity index (χ2n) is 6.04. The highest BCUT2D eigenvalue weighted by atomic mass is 15.1. The Balaban J connectivity index is 1.77. The van der Waals surface area contributed by atoms with Gasteiger partial charge in [0.1, 0.15) is 0 Å². The fourth-order valence-corrected chi connectivity index (χ4v) is 3.76. The molecule has 3 heteroatoms. The summed E-state index contributed by atoms with van der Waals surface area (Å²) in [5.41, 5.74) is 1.48. The molecule has 0 radical (unpaired) electrons. The number of hydrogen-bond acceptors (Lipinski definition) is 2. The molecule has 1 N–H and O–H groups in total. The van der Waals surface area contributed by atoms with Crippen LogP contribution in [-0.2, 0) is 0 Å². The molecule has 1 saturated heterocycles. The van der Waals surface area contributed by atoms with E-state index in [0.717, 1.165) is 24.9 Å². The molecule has 3 nitrogen and oxygen atoms in total. The van der Waals surface area contributed by atoms with Gasteiger partial charge in [-0.2, -0.15) is 0 Å². The average Bonchev–Trinajstić information content (AvgIpc) is 3.10. The minimum Gasteiger partial charge on any atom is -0.331 e. The third kappa shape index (κ3) is 2.33. The first kappa shape index (κ1) is 12.2. The molecule has 0 aromatic carbocycles. The van der Waals surface area contributed by atoms with Crippen LogP contribution in [0.1, 0.15) is 63.1 Å². The van der Waals surface area contributed by atoms with Crippen molar-refractivity contribution in [3.63, 3.8) is 0 Å². The predicted molar refractivity (Wildman–Crippen MR) is 73.7 cm³/mol. The SMILES string of the molecule is CC(C1CCCC1)n1cncc1C1CCNCC1. The van der Waals surface area contributed by atoms with Gasteiger partial charge in [0, 0.05) is 23.9 Å². The Morgan fingerprint density at radius 2 is 1.94 bits per heavy atom. The molecule has 1 unspecified atom stereocenters. The van der Waals surface area contributed by atoms with E-state index in [1.807, 2.05) is 0 Å². The topological polar surface area (TPSA) is 29.9 Å². The molecule has 1 aromatic rings. The van der Waals surface area contributed by atoms with Gasteiger partial charge >= 0.3 is 0 Å². The van der Waals surface area contributed by atoms with Crippen molar-refractivity contribution < 1.29 is 0 Å². The van der Waals surface area contributed by atoms with Gasteiger partial charge in [-0.05, 0) is 51.6 Å². The van der Waals surface area contributed by atoms with Gasteiger partial charge in [0.25, 0.3) is 0 Å². The lowest BCUT2D eigenvalue weighted by atomic mass is 9.93. The molecular formula is C15H25N3. The van der Waals surface area contributed by atoms with E-state index in [2.05, 4.69) is 34.3 Å². The molecule has 3 rings (SSSR count). The van der Waals surface area contributed by atoms with Gasteiger partial charge in [0.05, 0.1) is 6.33 Å². The minimum absolute atomic E-state index is 0.639. The van der Waals surface area contributed by atoms with E-state index in [9.17, 15) is 0 Å². The first-order valence-corrected chi connectivity index (χ1v) is 7.58. The average molecular weight is 247 g/mol. The molecule has 0 amide bonds. The summed E-state index contributed by atoms with van der Waals surface area (Å²) in [7, 11) is 0. The summed E-state index contributed by atoms with van der Waals surface area (Å²) in [4.78, 5) is 4.43. The molecule has 2 aliphatic rings. The summed E-state index contributed by atoms with van der Waals surface area (Å²) in [6.07, 6.45) is 12.4. The molecule has 2 heterocycles. The van der Waals surface area contributed by atoms with Crippen molar-refractivity contribution in [2.24, 2.45) is 5.92 Å². The smallest absolute Gasteiger partial charge is 0.0950 e. The van der Waals surface area contributed by atoms with Crippen LogP contribution < -0.4 is 5.32 Å². The van der Waals surface area contributed by atoms with Crippen molar-refractivity contribution in [1.29, 1.82) is 0 Å². The monoisotopic (exact) mass is 247 g/mol. The normalized spacial score (nSPS) is 24.5. The Bertz CT molecular complexity index is 373. The second kappa shape index (κ2) is 5.43. The van der Waals surface area contributed by atoms with Crippen molar-refractivity contribution in [3.05, 3.63) is 18.2 Å². The molecule has 1 atom stereocenters. The number of nitrogens with zero attached hydrogens (tertiary/aromatic N) is 2. The fourth-order valence-electron chi connectivity index (χ4n) is 3.76. The van der Waals surface area contributed by atoms with Crippen LogP contribution in [-0.4, -0.2) is 22.6 Å². The van der Waals surface area contributed by atoms with Crippen molar-refractivity contribution in [3.8, 4) is 0 Å². The van der Waals surface area contributed by atoms with Crippen molar-refractivity contribution in [2.45, 2.75) is 57.4 Å². The maximum absolute atomic E-state index is 4.43. The molecule has 1 aliphatic carbocycles. The van der Waals surface area contributed by atoms with Crippen LogP contribution in [0.15, 0.2) is 12.5 Å². The van der Waals surface area contributed by atoms with Gasteiger partial charge in [0.15, 0.2) is 0 Å². The van der Waals surface area contributed by atoms with E-state index >= 15 is 0 Å². The third-order valence-electron chi connectivity index (χ3n) is 4.97. The Kier molecular flexibility index (Phi) is 3.69. The number of piperidine rings is 1. The zero-order chi connectivity index (χ0) is 12.4. The highest BCUT2D eigenvalue weighted by molar-refractivity contribution is 5.09. The molecular weight excluding hydrogens is 222 g/mol. The molecule has 0 bridgehead atoms. The first-order valence-electron chi connectivity index (χ1n) is 7.58. The molecule has 1 aliphatic heterocycles. The number of imidazole rings is 1. The minimum atomic E-state index is 0.639. The van der Waals surface area contributed by atoms with Crippen molar-refractivity contribution >= 4 is 0 Å². The molecule has 2 fully saturated rings. The maximum Gasteiger partial charge on any atom is 0.0950 e. The molecule has 1 aromatic heterocycles. The number of nitrogens with one attached hydrogen (secondary N) is 1. The van der Waals surface area contributed by atoms with Gasteiger partial charge in [-0.25, -0.2) is 4.98 Å². The zero-order valence-corrected chi connectivity index (χ0v) is 11.4. The lowest BCUT2D eigenvalue weighted by molar-refractivity contribution is 0.338. The van der Waals surface area contributed by atoms with Crippen molar-refractivity contribution in [2.75, 3.05) is 13.1 Å². The van der Waals surface area contributed by atoms with E-state index in [0.29, 0.717) is 6.04 Å². The van der Waals surface area contributed by atoms with Crippen LogP contribution >= 0.6 is 0 Å².